The van der Waals surface area contributed by atoms with E-state index < -0.39 is 27.8 Å². The average Bonchev–Trinajstić information content (AvgIpc) is 2.36. The van der Waals surface area contributed by atoms with Crippen molar-refractivity contribution in [2.75, 3.05) is 0 Å². The van der Waals surface area contributed by atoms with Gasteiger partial charge in [0.1, 0.15) is 11.3 Å². The number of aryl methyl sites for hydroxylation is 1. The normalized spacial score (nSPS) is 13.4. The molecular formula is C16H23NO5S. The number of nitrogens with one attached hydrogen (secondary N) is 1. The Labute approximate surface area is 137 Å². The van der Waals surface area contributed by atoms with Gasteiger partial charge in [-0.15, -0.1) is 0 Å². The highest BCUT2D eigenvalue weighted by molar-refractivity contribution is 7.86. The SMILES string of the molecule is Cc1ccc(S(=O)(=O)O[C@@H](C)CC(=N)C(=O)OC(C)(C)C)cc1. The second kappa shape index (κ2) is 7.23. The van der Waals surface area contributed by atoms with Gasteiger partial charge in [0.2, 0.25) is 0 Å². The number of benzene rings is 1. The molecule has 0 aliphatic carbocycles. The second-order valence-electron chi connectivity index (χ2n) is 6.36. The van der Waals surface area contributed by atoms with E-state index in [1.165, 1.54) is 19.1 Å². The third kappa shape index (κ3) is 6.50. The molecule has 0 fully saturated rings. The van der Waals surface area contributed by atoms with Gasteiger partial charge in [0.05, 0.1) is 11.0 Å². The molecule has 0 aliphatic heterocycles. The summed E-state index contributed by atoms with van der Waals surface area (Å²) >= 11 is 0. The molecule has 1 aromatic rings. The standard InChI is InChI=1S/C16H23NO5S/c1-11-6-8-13(9-7-11)23(19,20)22-12(2)10-14(17)15(18)21-16(3,4)5/h6-9,12,17H,10H2,1-5H3/t12-/m0/s1. The van der Waals surface area contributed by atoms with E-state index in [2.05, 4.69) is 0 Å². The van der Waals surface area contributed by atoms with E-state index in [9.17, 15) is 13.2 Å². The minimum Gasteiger partial charge on any atom is -0.456 e. The molecule has 7 heteroatoms. The summed E-state index contributed by atoms with van der Waals surface area (Å²) in [4.78, 5) is 11.8. The van der Waals surface area contributed by atoms with Crippen LogP contribution in [-0.2, 0) is 23.8 Å². The van der Waals surface area contributed by atoms with Crippen LogP contribution in [0.5, 0.6) is 0 Å². The van der Waals surface area contributed by atoms with Crippen molar-refractivity contribution in [1.29, 1.82) is 5.41 Å². The Balaban J connectivity index is 2.68. The first kappa shape index (κ1) is 19.3. The van der Waals surface area contributed by atoms with E-state index in [4.69, 9.17) is 14.3 Å². The molecule has 128 valence electrons. The minimum absolute atomic E-state index is 0.0405. The van der Waals surface area contributed by atoms with Crippen LogP contribution < -0.4 is 0 Å². The maximum Gasteiger partial charge on any atom is 0.352 e. The fourth-order valence-electron chi connectivity index (χ4n) is 1.72. The van der Waals surface area contributed by atoms with E-state index in [-0.39, 0.29) is 17.0 Å². The van der Waals surface area contributed by atoms with E-state index in [1.807, 2.05) is 6.92 Å². The quantitative estimate of drug-likeness (QED) is 0.488. The van der Waals surface area contributed by atoms with Crippen molar-refractivity contribution in [3.63, 3.8) is 0 Å². The van der Waals surface area contributed by atoms with Crippen molar-refractivity contribution in [3.05, 3.63) is 29.8 Å². The molecule has 0 unspecified atom stereocenters. The van der Waals surface area contributed by atoms with E-state index in [1.54, 1.807) is 32.9 Å². The van der Waals surface area contributed by atoms with E-state index >= 15 is 0 Å². The molecule has 0 saturated carbocycles. The van der Waals surface area contributed by atoms with Crippen LogP contribution in [0.2, 0.25) is 0 Å². The first-order chi connectivity index (χ1) is 10.4. The lowest BCUT2D eigenvalue weighted by atomic mass is 10.1. The van der Waals surface area contributed by atoms with Gasteiger partial charge in [0, 0.05) is 6.42 Å². The summed E-state index contributed by atoms with van der Waals surface area (Å²) in [5.41, 5.74) is -0.100. The molecule has 0 aliphatic rings. The van der Waals surface area contributed by atoms with Crippen molar-refractivity contribution in [3.8, 4) is 0 Å². The number of carbonyl (C=O) groups is 1. The molecule has 1 N–H and O–H groups in total. The van der Waals surface area contributed by atoms with Crippen LogP contribution in [0.1, 0.15) is 39.7 Å². The first-order valence-electron chi connectivity index (χ1n) is 7.21. The Hall–Kier alpha value is -1.73. The molecule has 0 bridgehead atoms. The summed E-state index contributed by atoms with van der Waals surface area (Å²) in [6, 6.07) is 6.25. The molecule has 1 aromatic carbocycles. The molecule has 0 saturated heterocycles. The fraction of sp³-hybridized carbons (Fsp3) is 0.500. The Kier molecular flexibility index (Phi) is 6.07. The van der Waals surface area contributed by atoms with Gasteiger partial charge < -0.3 is 4.74 Å². The van der Waals surface area contributed by atoms with Gasteiger partial charge >= 0.3 is 5.97 Å². The predicted molar refractivity (Wildman–Crippen MR) is 87.1 cm³/mol. The maximum absolute atomic E-state index is 12.1. The van der Waals surface area contributed by atoms with E-state index in [0.29, 0.717) is 0 Å². The van der Waals surface area contributed by atoms with Crippen LogP contribution in [0, 0.1) is 12.3 Å². The highest BCUT2D eigenvalue weighted by atomic mass is 32.2. The van der Waals surface area contributed by atoms with Gasteiger partial charge in [-0.3, -0.25) is 9.59 Å². The molecule has 0 radical (unpaired) electrons. The smallest absolute Gasteiger partial charge is 0.352 e. The maximum atomic E-state index is 12.1. The molecule has 1 atom stereocenters. The Bertz CT molecular complexity index is 671. The Morgan fingerprint density at radius 3 is 2.22 bits per heavy atom. The number of ether oxygens (including phenoxy) is 1. The zero-order chi connectivity index (χ0) is 17.8. The monoisotopic (exact) mass is 341 g/mol. The first-order valence-corrected chi connectivity index (χ1v) is 8.62. The molecule has 0 spiro atoms. The summed E-state index contributed by atoms with van der Waals surface area (Å²) in [6.07, 6.45) is -0.999. The van der Waals surface area contributed by atoms with Gasteiger partial charge in [-0.2, -0.15) is 8.42 Å². The lowest BCUT2D eigenvalue weighted by Gasteiger charge is -2.20. The number of esters is 1. The van der Waals surface area contributed by atoms with Crippen LogP contribution in [0.25, 0.3) is 0 Å². The average molecular weight is 341 g/mol. The number of hydrogen-bond donors (Lipinski definition) is 1. The van der Waals surface area contributed by atoms with Crippen LogP contribution in [0.3, 0.4) is 0 Å². The third-order valence-electron chi connectivity index (χ3n) is 2.74. The minimum atomic E-state index is -3.93. The van der Waals surface area contributed by atoms with Gasteiger partial charge in [-0.1, -0.05) is 17.7 Å². The largest absolute Gasteiger partial charge is 0.456 e. The van der Waals surface area contributed by atoms with Crippen molar-refractivity contribution >= 4 is 21.8 Å². The zero-order valence-electron chi connectivity index (χ0n) is 14.0. The molecular weight excluding hydrogens is 318 g/mol. The fourth-order valence-corrected chi connectivity index (χ4v) is 2.80. The molecule has 23 heavy (non-hydrogen) atoms. The van der Waals surface area contributed by atoms with Crippen LogP contribution in [-0.4, -0.2) is 31.8 Å². The summed E-state index contributed by atoms with van der Waals surface area (Å²) in [6.45, 7) is 8.42. The number of carbonyl (C=O) groups excluding carboxylic acids is 1. The molecule has 6 nitrogen and oxygen atoms in total. The Morgan fingerprint density at radius 2 is 1.74 bits per heavy atom. The second-order valence-corrected chi connectivity index (χ2v) is 7.93. The zero-order valence-corrected chi connectivity index (χ0v) is 14.9. The summed E-state index contributed by atoms with van der Waals surface area (Å²) < 4.78 is 34.3. The molecule has 1 rings (SSSR count). The lowest BCUT2D eigenvalue weighted by Crippen LogP contribution is -2.31. The van der Waals surface area contributed by atoms with Gasteiger partial charge in [0.15, 0.2) is 0 Å². The van der Waals surface area contributed by atoms with Gasteiger partial charge in [0.25, 0.3) is 10.1 Å². The van der Waals surface area contributed by atoms with Crippen molar-refractivity contribution < 1.29 is 22.1 Å². The Morgan fingerprint density at radius 1 is 1.22 bits per heavy atom. The highest BCUT2D eigenvalue weighted by Crippen LogP contribution is 2.17. The predicted octanol–water partition coefficient (Wildman–Crippen LogP) is 2.84. The van der Waals surface area contributed by atoms with Crippen molar-refractivity contribution in [2.24, 2.45) is 0 Å². The summed E-state index contributed by atoms with van der Waals surface area (Å²) in [5.74, 6) is -0.777. The molecule has 0 aromatic heterocycles. The van der Waals surface area contributed by atoms with Gasteiger partial charge in [-0.05, 0) is 46.8 Å². The van der Waals surface area contributed by atoms with Crippen LogP contribution in [0.15, 0.2) is 29.2 Å². The summed E-state index contributed by atoms with van der Waals surface area (Å²) in [7, 11) is -3.93. The van der Waals surface area contributed by atoms with E-state index in [0.717, 1.165) is 5.56 Å². The van der Waals surface area contributed by atoms with Crippen molar-refractivity contribution in [1.82, 2.24) is 0 Å². The number of hydrogen-bond acceptors (Lipinski definition) is 6. The van der Waals surface area contributed by atoms with Gasteiger partial charge in [-0.25, -0.2) is 4.79 Å². The lowest BCUT2D eigenvalue weighted by molar-refractivity contribution is -0.146. The third-order valence-corrected chi connectivity index (χ3v) is 4.17. The summed E-state index contributed by atoms with van der Waals surface area (Å²) in [5, 5.41) is 7.70. The van der Waals surface area contributed by atoms with Crippen LogP contribution >= 0.6 is 0 Å². The van der Waals surface area contributed by atoms with Crippen LogP contribution in [0.4, 0.5) is 0 Å². The number of rotatable bonds is 6. The highest BCUT2D eigenvalue weighted by Gasteiger charge is 2.24. The molecule has 0 amide bonds. The van der Waals surface area contributed by atoms with Crippen molar-refractivity contribution in [2.45, 2.75) is 57.6 Å². The topological polar surface area (TPSA) is 93.5 Å². The molecule has 0 heterocycles.